The van der Waals surface area contributed by atoms with Crippen LogP contribution in [0.4, 0.5) is 24.8 Å². The summed E-state index contributed by atoms with van der Waals surface area (Å²) in [6.07, 6.45) is -0.320. The Morgan fingerprint density at radius 3 is 2.26 bits per heavy atom. The Labute approximate surface area is 250 Å². The third-order valence-corrected chi connectivity index (χ3v) is 8.49. The molecule has 3 N–H and O–H groups in total. The maximum Gasteiger partial charge on any atom is 0.416 e. The van der Waals surface area contributed by atoms with Crippen LogP contribution in [0.15, 0.2) is 53.6 Å². The summed E-state index contributed by atoms with van der Waals surface area (Å²) in [5, 5.41) is -0.404. The molecule has 230 valence electrons. The molecule has 0 bridgehead atoms. The van der Waals surface area contributed by atoms with Gasteiger partial charge in [-0.25, -0.2) is 14.7 Å². The van der Waals surface area contributed by atoms with E-state index in [1.807, 2.05) is 39.5 Å². The second-order valence-corrected chi connectivity index (χ2v) is 14.2. The lowest BCUT2D eigenvalue weighted by Crippen LogP contribution is -2.41. The van der Waals surface area contributed by atoms with Crippen LogP contribution in [0.1, 0.15) is 80.7 Å². The summed E-state index contributed by atoms with van der Waals surface area (Å²) < 4.78 is 67.5. The molecule has 1 aliphatic heterocycles. The van der Waals surface area contributed by atoms with E-state index in [0.717, 1.165) is 18.6 Å². The molecule has 0 spiro atoms. The van der Waals surface area contributed by atoms with Crippen LogP contribution >= 0.6 is 0 Å². The number of nitrogens with zero attached hydrogens (tertiary/aromatic N) is 3. The number of amides is 1. The predicted molar refractivity (Wildman–Crippen MR) is 162 cm³/mol. The van der Waals surface area contributed by atoms with Gasteiger partial charge in [0.2, 0.25) is 0 Å². The van der Waals surface area contributed by atoms with Gasteiger partial charge in [0.25, 0.3) is 15.9 Å². The summed E-state index contributed by atoms with van der Waals surface area (Å²) in [6, 6.07) is 10.4. The Hall–Kier alpha value is -3.93. The van der Waals surface area contributed by atoms with Crippen molar-refractivity contribution in [2.75, 3.05) is 17.2 Å². The lowest BCUT2D eigenvalue weighted by Gasteiger charge is -2.35. The smallest absolute Gasteiger partial charge is 0.384 e. The number of sulfonamides is 1. The molecular formula is C31H36F3N5O3S. The zero-order chi connectivity index (χ0) is 32.0. The van der Waals surface area contributed by atoms with E-state index in [1.165, 1.54) is 30.3 Å². The molecule has 3 aromatic rings. The number of rotatable bonds is 6. The second-order valence-electron chi connectivity index (χ2n) is 12.6. The number of hydrogen-bond donors (Lipinski definition) is 2. The second kappa shape index (κ2) is 11.3. The highest BCUT2D eigenvalue weighted by molar-refractivity contribution is 7.90. The largest absolute Gasteiger partial charge is 0.416 e. The Balaban J connectivity index is 1.85. The van der Waals surface area contributed by atoms with E-state index >= 15 is 0 Å². The van der Waals surface area contributed by atoms with E-state index in [-0.39, 0.29) is 16.9 Å². The third-order valence-electron chi connectivity index (χ3n) is 7.26. The monoisotopic (exact) mass is 615 g/mol. The average molecular weight is 616 g/mol. The van der Waals surface area contributed by atoms with E-state index in [9.17, 15) is 26.4 Å². The number of carbonyl (C=O) groups is 1. The molecular weight excluding hydrogens is 579 g/mol. The van der Waals surface area contributed by atoms with Crippen LogP contribution < -0.4 is 15.4 Å². The highest BCUT2D eigenvalue weighted by atomic mass is 32.2. The molecule has 0 unspecified atom stereocenters. The molecule has 0 radical (unpaired) electrons. The molecule has 8 nitrogen and oxygen atoms in total. The molecule has 1 aliphatic rings. The SMILES string of the molecule is C[C@@H]1CN(c2nc(C(C)(C)C)c(C=Cc3ccc(C(F)(F)F)cc3)cc2C(=O)NS(=O)(=O)c2cccc(N)n2)C(C)(C)C1. The lowest BCUT2D eigenvalue weighted by molar-refractivity contribution is -0.137. The molecule has 0 saturated carbocycles. The van der Waals surface area contributed by atoms with Gasteiger partial charge in [0, 0.05) is 17.5 Å². The van der Waals surface area contributed by atoms with Gasteiger partial charge in [0.15, 0.2) is 5.03 Å². The number of pyridine rings is 2. The zero-order valence-electron chi connectivity index (χ0n) is 25.0. The van der Waals surface area contributed by atoms with Gasteiger partial charge in [-0.3, -0.25) is 4.79 Å². The minimum Gasteiger partial charge on any atom is -0.384 e. The number of alkyl halides is 3. The van der Waals surface area contributed by atoms with Crippen molar-refractivity contribution in [1.82, 2.24) is 14.7 Å². The molecule has 3 heterocycles. The Bertz CT molecular complexity index is 1660. The van der Waals surface area contributed by atoms with E-state index < -0.39 is 38.1 Å². The number of nitrogen functional groups attached to an aromatic ring is 1. The van der Waals surface area contributed by atoms with Gasteiger partial charge < -0.3 is 10.6 Å². The Morgan fingerprint density at radius 2 is 1.72 bits per heavy atom. The highest BCUT2D eigenvalue weighted by Gasteiger charge is 2.40. The molecule has 1 atom stereocenters. The fraction of sp³-hybridized carbons (Fsp3) is 0.387. The third kappa shape index (κ3) is 7.18. The number of hydrogen-bond acceptors (Lipinski definition) is 7. The van der Waals surface area contributed by atoms with Crippen LogP contribution in [-0.4, -0.2) is 36.4 Å². The first-order valence-electron chi connectivity index (χ1n) is 13.8. The summed E-state index contributed by atoms with van der Waals surface area (Å²) in [5.74, 6) is -0.271. The van der Waals surface area contributed by atoms with Crippen molar-refractivity contribution < 1.29 is 26.4 Å². The number of anilines is 2. The van der Waals surface area contributed by atoms with Crippen molar-refractivity contribution in [2.24, 2.45) is 5.92 Å². The van der Waals surface area contributed by atoms with Crippen molar-refractivity contribution in [3.8, 4) is 0 Å². The van der Waals surface area contributed by atoms with Gasteiger partial charge in [-0.05, 0) is 67.6 Å². The van der Waals surface area contributed by atoms with Crippen molar-refractivity contribution in [3.05, 3.63) is 76.5 Å². The first kappa shape index (κ1) is 32.0. The number of halogens is 3. The topological polar surface area (TPSA) is 118 Å². The molecule has 1 amide bonds. The predicted octanol–water partition coefficient (Wildman–Crippen LogP) is 6.29. The van der Waals surface area contributed by atoms with Gasteiger partial charge in [0.05, 0.1) is 16.8 Å². The lowest BCUT2D eigenvalue weighted by atomic mass is 9.87. The number of carbonyl (C=O) groups excluding carboxylic acids is 1. The average Bonchev–Trinajstić information content (AvgIpc) is 3.17. The van der Waals surface area contributed by atoms with E-state index in [0.29, 0.717) is 35.1 Å². The van der Waals surface area contributed by atoms with Gasteiger partial charge >= 0.3 is 6.18 Å². The summed E-state index contributed by atoms with van der Waals surface area (Å²) >= 11 is 0. The molecule has 4 rings (SSSR count). The minimum atomic E-state index is -4.45. The fourth-order valence-electron chi connectivity index (χ4n) is 5.36. The summed E-state index contributed by atoms with van der Waals surface area (Å²) in [5.41, 5.74) is 5.73. The molecule has 2 aromatic heterocycles. The van der Waals surface area contributed by atoms with Crippen LogP contribution in [0.2, 0.25) is 0 Å². The molecule has 0 aliphatic carbocycles. The van der Waals surface area contributed by atoms with Crippen molar-refractivity contribution in [3.63, 3.8) is 0 Å². The number of benzene rings is 1. The number of aromatic nitrogens is 2. The van der Waals surface area contributed by atoms with Crippen LogP contribution in [0.3, 0.4) is 0 Å². The maximum absolute atomic E-state index is 13.8. The normalized spacial score (nSPS) is 17.4. The van der Waals surface area contributed by atoms with E-state index in [1.54, 1.807) is 18.2 Å². The van der Waals surface area contributed by atoms with E-state index in [2.05, 4.69) is 16.6 Å². The summed E-state index contributed by atoms with van der Waals surface area (Å²) in [4.78, 5) is 24.6. The Kier molecular flexibility index (Phi) is 8.40. The molecule has 1 saturated heterocycles. The number of nitrogens with one attached hydrogen (secondary N) is 1. The molecule has 1 fully saturated rings. The van der Waals surface area contributed by atoms with Gasteiger partial charge in [0.1, 0.15) is 11.6 Å². The first-order chi connectivity index (χ1) is 19.8. The van der Waals surface area contributed by atoms with Crippen LogP contribution in [-0.2, 0) is 21.6 Å². The summed E-state index contributed by atoms with van der Waals surface area (Å²) in [6.45, 7) is 12.7. The highest BCUT2D eigenvalue weighted by Crippen LogP contribution is 2.40. The quantitative estimate of drug-likeness (QED) is 0.335. The van der Waals surface area contributed by atoms with Crippen molar-refractivity contribution in [1.29, 1.82) is 0 Å². The molecule has 43 heavy (non-hydrogen) atoms. The van der Waals surface area contributed by atoms with Gasteiger partial charge in [-0.15, -0.1) is 0 Å². The van der Waals surface area contributed by atoms with Gasteiger partial charge in [-0.1, -0.05) is 58.0 Å². The standard InChI is InChI=1S/C31H36F3N5O3S/c1-19-17-30(5,6)39(18-19)27-23(28(40)38-43(41,42)25-9-7-8-24(35)36-25)16-21(26(37-27)29(2,3)4)13-10-20-11-14-22(15-12-20)31(32,33)34/h7-16,19H,17-18H2,1-6H3,(H2,35,36)(H,38,40)/t19-/m0/s1. The minimum absolute atomic E-state index is 0.0179. The summed E-state index contributed by atoms with van der Waals surface area (Å²) in [7, 11) is -4.38. The van der Waals surface area contributed by atoms with E-state index in [4.69, 9.17) is 10.7 Å². The molecule has 1 aromatic carbocycles. The van der Waals surface area contributed by atoms with Crippen molar-refractivity contribution >= 4 is 39.7 Å². The molecule has 12 heteroatoms. The first-order valence-corrected chi connectivity index (χ1v) is 15.2. The van der Waals surface area contributed by atoms with Crippen LogP contribution in [0.5, 0.6) is 0 Å². The van der Waals surface area contributed by atoms with Crippen LogP contribution in [0, 0.1) is 5.92 Å². The van der Waals surface area contributed by atoms with Crippen molar-refractivity contribution in [2.45, 2.75) is 70.1 Å². The fourth-order valence-corrected chi connectivity index (χ4v) is 6.30. The Morgan fingerprint density at radius 1 is 1.07 bits per heavy atom. The van der Waals surface area contributed by atoms with Gasteiger partial charge in [-0.2, -0.15) is 21.6 Å². The maximum atomic E-state index is 13.8. The van der Waals surface area contributed by atoms with Crippen LogP contribution in [0.25, 0.3) is 12.2 Å². The number of nitrogens with two attached hydrogens (primary N) is 1. The zero-order valence-corrected chi connectivity index (χ0v) is 25.8.